The Hall–Kier alpha value is -5.05. The fraction of sp³-hybridized carbons (Fsp3) is 0.373. The molecule has 0 saturated carbocycles. The van der Waals surface area contributed by atoms with E-state index >= 15 is 0 Å². The zero-order valence-corrected chi connectivity index (χ0v) is 36.0. The molecule has 1 saturated heterocycles. The predicted molar refractivity (Wildman–Crippen MR) is 239 cm³/mol. The third-order valence-corrected chi connectivity index (χ3v) is 16.6. The number of nitrogens with one attached hydrogen (secondary N) is 1. The van der Waals surface area contributed by atoms with Crippen LogP contribution in [0.25, 0.3) is 0 Å². The van der Waals surface area contributed by atoms with Gasteiger partial charge in [0.05, 0.1) is 12.6 Å². The van der Waals surface area contributed by atoms with E-state index in [-0.39, 0.29) is 35.6 Å². The highest BCUT2D eigenvalue weighted by atomic mass is 28.4. The summed E-state index contributed by atoms with van der Waals surface area (Å²) in [6.07, 6.45) is 7.40. The first-order valence-corrected chi connectivity index (χ1v) is 23.4. The Labute approximate surface area is 352 Å². The van der Waals surface area contributed by atoms with Gasteiger partial charge in [0.25, 0.3) is 8.32 Å². The summed E-state index contributed by atoms with van der Waals surface area (Å²) in [5.41, 5.74) is 3.29. The Balaban J connectivity index is 1.20. The highest BCUT2D eigenvalue weighted by Gasteiger charge is 2.50. The van der Waals surface area contributed by atoms with E-state index in [2.05, 4.69) is 98.9 Å². The van der Waals surface area contributed by atoms with E-state index in [4.69, 9.17) is 9.16 Å². The van der Waals surface area contributed by atoms with Gasteiger partial charge in [-0.15, -0.1) is 0 Å². The predicted octanol–water partition coefficient (Wildman–Crippen LogP) is 9.84. The first-order chi connectivity index (χ1) is 28.6. The number of carbonyl (C=O) groups excluding carboxylic acids is 2. The van der Waals surface area contributed by atoms with Gasteiger partial charge in [-0.3, -0.25) is 0 Å². The van der Waals surface area contributed by atoms with Crippen molar-refractivity contribution in [1.82, 2.24) is 10.2 Å². The highest BCUT2D eigenvalue weighted by molar-refractivity contribution is 6.99. The van der Waals surface area contributed by atoms with Gasteiger partial charge in [-0.2, -0.15) is 0 Å². The van der Waals surface area contributed by atoms with Crippen molar-refractivity contribution in [2.75, 3.05) is 13.2 Å². The maximum atomic E-state index is 14.5. The van der Waals surface area contributed by atoms with Crippen molar-refractivity contribution in [2.45, 2.75) is 108 Å². The molecule has 0 aromatic heterocycles. The number of nitrogens with zero attached hydrogens (tertiary/aromatic N) is 1. The number of urea groups is 1. The second-order valence-electron chi connectivity index (χ2n) is 17.0. The summed E-state index contributed by atoms with van der Waals surface area (Å²) in [4.78, 5) is 30.3. The Morgan fingerprint density at radius 3 is 1.78 bits per heavy atom. The molecule has 5 aromatic rings. The molecular weight excluding hydrogens is 752 g/mol. The number of halogens is 1. The molecule has 2 amide bonds. The van der Waals surface area contributed by atoms with Crippen LogP contribution in [0.3, 0.4) is 0 Å². The Kier molecular flexibility index (Phi) is 15.7. The molecule has 1 aliphatic heterocycles. The van der Waals surface area contributed by atoms with Gasteiger partial charge in [0.1, 0.15) is 18.0 Å². The van der Waals surface area contributed by atoms with E-state index in [0.717, 1.165) is 67.3 Å². The van der Waals surface area contributed by atoms with Crippen molar-refractivity contribution in [3.05, 3.63) is 168 Å². The van der Waals surface area contributed by atoms with Gasteiger partial charge in [-0.05, 0) is 108 Å². The Bertz CT molecular complexity index is 1940. The summed E-state index contributed by atoms with van der Waals surface area (Å²) in [5.74, 6) is -0.670. The molecular formula is C51H61FN2O4Si. The van der Waals surface area contributed by atoms with Crippen molar-refractivity contribution < 1.29 is 23.1 Å². The largest absolute Gasteiger partial charge is 0.461 e. The average molecular weight is 813 g/mol. The van der Waals surface area contributed by atoms with Crippen molar-refractivity contribution in [1.29, 1.82) is 0 Å². The van der Waals surface area contributed by atoms with Crippen LogP contribution in [0.2, 0.25) is 5.04 Å². The minimum Gasteiger partial charge on any atom is -0.461 e. The van der Waals surface area contributed by atoms with Gasteiger partial charge in [0.15, 0.2) is 0 Å². The summed E-state index contributed by atoms with van der Waals surface area (Å²) in [6, 6.07) is 46.6. The smallest absolute Gasteiger partial charge is 0.329 e. The van der Waals surface area contributed by atoms with E-state index < -0.39 is 20.4 Å². The fourth-order valence-corrected chi connectivity index (χ4v) is 13.2. The van der Waals surface area contributed by atoms with Crippen molar-refractivity contribution in [3.63, 3.8) is 0 Å². The van der Waals surface area contributed by atoms with Crippen LogP contribution >= 0.6 is 0 Å². The summed E-state index contributed by atoms with van der Waals surface area (Å²) < 4.78 is 28.2. The van der Waals surface area contributed by atoms with Crippen LogP contribution < -0.4 is 15.7 Å². The number of likely N-dealkylation sites (tertiary alicyclic amines) is 1. The van der Waals surface area contributed by atoms with Crippen molar-refractivity contribution in [2.24, 2.45) is 0 Å². The number of benzene rings is 5. The molecule has 59 heavy (non-hydrogen) atoms. The molecule has 1 fully saturated rings. The molecule has 2 atom stereocenters. The standard InChI is InChI=1S/C51H61FN2O4Si/c1-51(2,3)59(46-31-12-6-13-32-46,47-33-14-7-15-34-47)57-39-44(38-42-27-18-28-43(52)37-42)53-50(56)54-36-17-16-35-48(54)49(55)58-45(29-19-25-40-21-8-4-9-22-40)30-20-26-41-23-10-5-11-24-41/h4-15,18,21-24,27-28,31-34,37,44-45,48H,16-17,19-20,25-26,29-30,35-36,38-39H2,1-3H3,(H,53,56)/t44-,48+/m1/s1. The van der Waals surface area contributed by atoms with Gasteiger partial charge < -0.3 is 19.4 Å². The average Bonchev–Trinajstić information content (AvgIpc) is 3.25. The van der Waals surface area contributed by atoms with E-state index in [1.807, 2.05) is 54.6 Å². The molecule has 1 N–H and O–H groups in total. The lowest BCUT2D eigenvalue weighted by Crippen LogP contribution is -2.67. The van der Waals surface area contributed by atoms with Gasteiger partial charge in [-0.1, -0.05) is 154 Å². The number of esters is 1. The lowest BCUT2D eigenvalue weighted by Gasteiger charge is -2.44. The zero-order valence-electron chi connectivity index (χ0n) is 35.0. The number of rotatable bonds is 18. The third-order valence-electron chi connectivity index (χ3n) is 11.6. The Morgan fingerprint density at radius 1 is 0.729 bits per heavy atom. The van der Waals surface area contributed by atoms with Crippen molar-refractivity contribution >= 4 is 30.7 Å². The lowest BCUT2D eigenvalue weighted by molar-refractivity contribution is -0.156. The quantitative estimate of drug-likeness (QED) is 0.0707. The molecule has 0 aliphatic carbocycles. The molecule has 6 nitrogen and oxygen atoms in total. The van der Waals surface area contributed by atoms with Gasteiger partial charge >= 0.3 is 12.0 Å². The molecule has 0 unspecified atom stereocenters. The number of ether oxygens (including phenoxy) is 1. The maximum Gasteiger partial charge on any atom is 0.329 e. The van der Waals surface area contributed by atoms with Gasteiger partial charge in [0.2, 0.25) is 0 Å². The molecule has 8 heteroatoms. The number of aryl methyl sites for hydroxylation is 2. The first-order valence-electron chi connectivity index (χ1n) is 21.5. The normalized spacial score (nSPS) is 15.1. The topological polar surface area (TPSA) is 67.9 Å². The molecule has 5 aromatic carbocycles. The van der Waals surface area contributed by atoms with E-state index in [9.17, 15) is 14.0 Å². The van der Waals surface area contributed by atoms with E-state index in [1.165, 1.54) is 23.3 Å². The molecule has 1 heterocycles. The van der Waals surface area contributed by atoms with Gasteiger partial charge in [0, 0.05) is 6.54 Å². The SMILES string of the molecule is CC(C)(C)[Si](OC[C@@H](Cc1cccc(F)c1)NC(=O)N1CCCC[C@H]1C(=O)OC(CCCc1ccccc1)CCCc1ccccc1)(c1ccccc1)c1ccccc1. The van der Waals surface area contributed by atoms with Crippen LogP contribution in [0, 0.1) is 5.82 Å². The van der Waals surface area contributed by atoms with Crippen LogP contribution in [-0.4, -0.2) is 56.6 Å². The number of hydrogen-bond acceptors (Lipinski definition) is 4. The Morgan fingerprint density at radius 2 is 1.25 bits per heavy atom. The van der Waals surface area contributed by atoms with Crippen LogP contribution in [0.1, 0.15) is 82.4 Å². The second kappa shape index (κ2) is 21.3. The summed E-state index contributed by atoms with van der Waals surface area (Å²) in [7, 11) is -2.96. The zero-order chi connectivity index (χ0) is 41.5. The van der Waals surface area contributed by atoms with Crippen LogP contribution in [0.4, 0.5) is 9.18 Å². The molecule has 0 spiro atoms. The van der Waals surface area contributed by atoms with E-state index in [1.54, 1.807) is 11.0 Å². The summed E-state index contributed by atoms with van der Waals surface area (Å²) in [5, 5.41) is 5.27. The second-order valence-corrected chi connectivity index (χ2v) is 21.3. The van der Waals surface area contributed by atoms with Crippen molar-refractivity contribution in [3.8, 4) is 0 Å². The minimum atomic E-state index is -2.96. The minimum absolute atomic E-state index is 0.198. The lowest BCUT2D eigenvalue weighted by atomic mass is 10.00. The van der Waals surface area contributed by atoms with Gasteiger partial charge in [-0.25, -0.2) is 14.0 Å². The summed E-state index contributed by atoms with van der Waals surface area (Å²) in [6.45, 7) is 7.31. The highest BCUT2D eigenvalue weighted by Crippen LogP contribution is 2.37. The monoisotopic (exact) mass is 812 g/mol. The summed E-state index contributed by atoms with van der Waals surface area (Å²) >= 11 is 0. The van der Waals surface area contributed by atoms with Crippen LogP contribution in [0.5, 0.6) is 0 Å². The molecule has 0 bridgehead atoms. The number of piperidine rings is 1. The van der Waals surface area contributed by atoms with Crippen LogP contribution in [0.15, 0.2) is 146 Å². The van der Waals surface area contributed by atoms with Crippen LogP contribution in [-0.2, 0) is 33.2 Å². The van der Waals surface area contributed by atoms with E-state index in [0.29, 0.717) is 19.4 Å². The number of hydrogen-bond donors (Lipinski definition) is 1. The number of amides is 2. The third kappa shape index (κ3) is 12.0. The first kappa shape index (κ1) is 43.5. The molecule has 1 aliphatic rings. The maximum absolute atomic E-state index is 14.5. The molecule has 310 valence electrons. The fourth-order valence-electron chi connectivity index (χ4n) is 8.63. The molecule has 6 rings (SSSR count). The number of carbonyl (C=O) groups is 2. The molecule has 0 radical (unpaired) electrons.